The number of benzene rings is 2. The van der Waals surface area contributed by atoms with Crippen molar-refractivity contribution in [2.45, 2.75) is 71.5 Å². The van der Waals surface area contributed by atoms with Gasteiger partial charge in [-0.15, -0.1) is 0 Å². The summed E-state index contributed by atoms with van der Waals surface area (Å²) in [6.45, 7) is 6.14. The first-order valence-corrected chi connectivity index (χ1v) is 12.2. The number of nitrogens with one attached hydrogen (secondary N) is 1. The third kappa shape index (κ3) is 6.58. The summed E-state index contributed by atoms with van der Waals surface area (Å²) in [5, 5.41) is 3.13. The van der Waals surface area contributed by atoms with Crippen LogP contribution in [0.2, 0.25) is 0 Å². The van der Waals surface area contributed by atoms with Crippen molar-refractivity contribution in [3.63, 3.8) is 0 Å². The number of halogens is 1. The number of rotatable bonds is 9. The number of amides is 2. The Labute approximate surface area is 199 Å². The molecule has 1 saturated carbocycles. The van der Waals surface area contributed by atoms with Crippen LogP contribution in [-0.4, -0.2) is 35.4 Å². The fourth-order valence-corrected chi connectivity index (χ4v) is 4.63. The van der Waals surface area contributed by atoms with Gasteiger partial charge in [0.25, 0.3) is 5.91 Å². The lowest BCUT2D eigenvalue weighted by molar-refractivity contribution is -0.142. The van der Waals surface area contributed by atoms with Gasteiger partial charge in [-0.05, 0) is 72.3 Å². The Hall–Kier alpha value is -2.34. The molecule has 5 nitrogen and oxygen atoms in total. The van der Waals surface area contributed by atoms with Gasteiger partial charge in [-0.25, -0.2) is 0 Å². The molecule has 0 heterocycles. The van der Waals surface area contributed by atoms with Gasteiger partial charge in [0, 0.05) is 12.6 Å². The molecule has 6 heteroatoms. The highest BCUT2D eigenvalue weighted by atomic mass is 79.9. The minimum Gasteiger partial charge on any atom is -0.483 e. The first-order chi connectivity index (χ1) is 15.4. The van der Waals surface area contributed by atoms with Crippen LogP contribution in [0.25, 0.3) is 0 Å². The molecule has 0 bridgehead atoms. The summed E-state index contributed by atoms with van der Waals surface area (Å²) in [6.07, 6.45) is 5.23. The number of hydrogen-bond acceptors (Lipinski definition) is 3. The van der Waals surface area contributed by atoms with E-state index in [1.165, 1.54) is 5.56 Å². The predicted molar refractivity (Wildman–Crippen MR) is 131 cm³/mol. The molecule has 1 aliphatic rings. The van der Waals surface area contributed by atoms with E-state index in [-0.39, 0.29) is 24.5 Å². The van der Waals surface area contributed by atoms with Gasteiger partial charge < -0.3 is 15.0 Å². The van der Waals surface area contributed by atoms with Crippen LogP contribution < -0.4 is 10.1 Å². The molecule has 2 aromatic carbocycles. The monoisotopic (exact) mass is 500 g/mol. The molecule has 2 aromatic rings. The first-order valence-electron chi connectivity index (χ1n) is 11.4. The molecule has 0 aliphatic heterocycles. The van der Waals surface area contributed by atoms with E-state index in [2.05, 4.69) is 28.2 Å². The maximum Gasteiger partial charge on any atom is 0.261 e. The lowest BCUT2D eigenvalue weighted by atomic mass is 10.1. The molecule has 1 unspecified atom stereocenters. The first kappa shape index (κ1) is 24.3. The summed E-state index contributed by atoms with van der Waals surface area (Å²) in [6, 6.07) is 13.5. The molecule has 172 valence electrons. The molecule has 0 saturated heterocycles. The second-order valence-corrected chi connectivity index (χ2v) is 9.44. The number of hydrogen-bond donors (Lipinski definition) is 1. The lowest BCUT2D eigenvalue weighted by Crippen LogP contribution is -2.50. The summed E-state index contributed by atoms with van der Waals surface area (Å²) in [7, 11) is 0. The molecule has 1 fully saturated rings. The van der Waals surface area contributed by atoms with Crippen LogP contribution in [0.4, 0.5) is 0 Å². The molecule has 3 rings (SSSR count). The van der Waals surface area contributed by atoms with E-state index in [1.807, 2.05) is 49.4 Å². The predicted octanol–water partition coefficient (Wildman–Crippen LogP) is 5.17. The smallest absolute Gasteiger partial charge is 0.261 e. The van der Waals surface area contributed by atoms with Gasteiger partial charge in [0.05, 0.1) is 4.47 Å². The Morgan fingerprint density at radius 3 is 2.56 bits per heavy atom. The van der Waals surface area contributed by atoms with Crippen molar-refractivity contribution in [1.29, 1.82) is 0 Å². The van der Waals surface area contributed by atoms with E-state index in [9.17, 15) is 9.59 Å². The van der Waals surface area contributed by atoms with E-state index in [0.29, 0.717) is 12.3 Å². The van der Waals surface area contributed by atoms with Gasteiger partial charge in [0.2, 0.25) is 5.91 Å². The second kappa shape index (κ2) is 11.5. The molecule has 0 radical (unpaired) electrons. The van der Waals surface area contributed by atoms with E-state index in [1.54, 1.807) is 11.8 Å². The molecule has 1 aliphatic carbocycles. The summed E-state index contributed by atoms with van der Waals surface area (Å²) in [4.78, 5) is 27.8. The highest BCUT2D eigenvalue weighted by molar-refractivity contribution is 9.10. The standard InChI is InChI=1S/C26H33BrN2O3/c1-4-20-12-13-24(23(27)15-20)32-17-25(30)29(16-21-9-7-8-18(2)14-21)19(3)26(31)28-22-10-5-6-11-22/h7-9,12-15,19,22H,4-6,10-11,16-17H2,1-3H3,(H,28,31). The fourth-order valence-electron chi connectivity index (χ4n) is 4.09. The van der Waals surface area contributed by atoms with Crippen molar-refractivity contribution >= 4 is 27.7 Å². The number of nitrogens with zero attached hydrogens (tertiary/aromatic N) is 1. The number of ether oxygens (including phenoxy) is 1. The largest absolute Gasteiger partial charge is 0.483 e. The quantitative estimate of drug-likeness (QED) is 0.516. The molecule has 1 atom stereocenters. The highest BCUT2D eigenvalue weighted by Gasteiger charge is 2.28. The van der Waals surface area contributed by atoms with Crippen molar-refractivity contribution < 1.29 is 14.3 Å². The van der Waals surface area contributed by atoms with E-state index >= 15 is 0 Å². The zero-order valence-electron chi connectivity index (χ0n) is 19.2. The molecule has 0 aromatic heterocycles. The van der Waals surface area contributed by atoms with Crippen LogP contribution in [0.3, 0.4) is 0 Å². The Balaban J connectivity index is 1.72. The highest BCUT2D eigenvalue weighted by Crippen LogP contribution is 2.26. The van der Waals surface area contributed by atoms with E-state index < -0.39 is 6.04 Å². The number of carbonyl (C=O) groups is 2. The van der Waals surface area contributed by atoms with Crippen LogP contribution in [0.1, 0.15) is 56.2 Å². The van der Waals surface area contributed by atoms with Crippen LogP contribution in [0.15, 0.2) is 46.9 Å². The number of aryl methyl sites for hydroxylation is 2. The maximum absolute atomic E-state index is 13.2. The van der Waals surface area contributed by atoms with Crippen molar-refractivity contribution in [3.8, 4) is 5.75 Å². The Morgan fingerprint density at radius 1 is 1.16 bits per heavy atom. The summed E-state index contributed by atoms with van der Waals surface area (Å²) >= 11 is 3.52. The zero-order valence-corrected chi connectivity index (χ0v) is 20.8. The minimum atomic E-state index is -0.585. The van der Waals surface area contributed by atoms with E-state index in [4.69, 9.17) is 4.74 Å². The van der Waals surface area contributed by atoms with Crippen molar-refractivity contribution in [2.75, 3.05) is 6.61 Å². The SMILES string of the molecule is CCc1ccc(OCC(=O)N(Cc2cccc(C)c2)C(C)C(=O)NC2CCCC2)c(Br)c1. The Kier molecular flexibility index (Phi) is 8.74. The Morgan fingerprint density at radius 2 is 1.91 bits per heavy atom. The van der Waals surface area contributed by atoms with Gasteiger partial charge >= 0.3 is 0 Å². The third-order valence-corrected chi connectivity index (χ3v) is 6.68. The molecule has 0 spiro atoms. The van der Waals surface area contributed by atoms with Crippen molar-refractivity contribution in [3.05, 3.63) is 63.6 Å². The second-order valence-electron chi connectivity index (χ2n) is 8.58. The summed E-state index contributed by atoms with van der Waals surface area (Å²) < 4.78 is 6.66. The molecular weight excluding hydrogens is 468 g/mol. The number of carbonyl (C=O) groups excluding carboxylic acids is 2. The van der Waals surface area contributed by atoms with Crippen LogP contribution in [-0.2, 0) is 22.6 Å². The molecule has 32 heavy (non-hydrogen) atoms. The van der Waals surface area contributed by atoms with Gasteiger partial charge in [-0.1, -0.05) is 55.7 Å². The van der Waals surface area contributed by atoms with Crippen LogP contribution in [0.5, 0.6) is 5.75 Å². The maximum atomic E-state index is 13.2. The molecule has 1 N–H and O–H groups in total. The lowest BCUT2D eigenvalue weighted by Gasteiger charge is -2.30. The van der Waals surface area contributed by atoms with Gasteiger partial charge in [-0.2, -0.15) is 0 Å². The van der Waals surface area contributed by atoms with Crippen molar-refractivity contribution in [1.82, 2.24) is 10.2 Å². The van der Waals surface area contributed by atoms with Crippen LogP contribution in [0, 0.1) is 6.92 Å². The Bertz CT molecular complexity index is 940. The van der Waals surface area contributed by atoms with Gasteiger partial charge in [0.15, 0.2) is 6.61 Å². The third-order valence-electron chi connectivity index (χ3n) is 6.06. The minimum absolute atomic E-state index is 0.105. The van der Waals surface area contributed by atoms with Gasteiger partial charge in [-0.3, -0.25) is 9.59 Å². The van der Waals surface area contributed by atoms with E-state index in [0.717, 1.165) is 47.7 Å². The molecular formula is C26H33BrN2O3. The van der Waals surface area contributed by atoms with Crippen molar-refractivity contribution in [2.24, 2.45) is 0 Å². The average molecular weight is 501 g/mol. The van der Waals surface area contributed by atoms with Gasteiger partial charge in [0.1, 0.15) is 11.8 Å². The summed E-state index contributed by atoms with van der Waals surface area (Å²) in [5.74, 6) is 0.299. The fraction of sp³-hybridized carbons (Fsp3) is 0.462. The normalized spacial score (nSPS) is 14.8. The average Bonchev–Trinajstić information content (AvgIpc) is 3.29. The van der Waals surface area contributed by atoms with Crippen LogP contribution >= 0.6 is 15.9 Å². The topological polar surface area (TPSA) is 58.6 Å². The zero-order chi connectivity index (χ0) is 23.1. The summed E-state index contributed by atoms with van der Waals surface area (Å²) in [5.41, 5.74) is 3.30. The molecule has 2 amide bonds.